The van der Waals surface area contributed by atoms with Crippen LogP contribution >= 0.6 is 11.8 Å². The van der Waals surface area contributed by atoms with Crippen molar-refractivity contribution in [2.24, 2.45) is 17.8 Å². The van der Waals surface area contributed by atoms with E-state index in [4.69, 9.17) is 0 Å². The van der Waals surface area contributed by atoms with E-state index in [0.717, 1.165) is 11.8 Å². The van der Waals surface area contributed by atoms with E-state index in [2.05, 4.69) is 0 Å². The second-order valence-electron chi connectivity index (χ2n) is 7.90. The molecule has 0 saturated heterocycles. The summed E-state index contributed by atoms with van der Waals surface area (Å²) in [5.74, 6) is -0.962. The summed E-state index contributed by atoms with van der Waals surface area (Å²) in [4.78, 5) is 0.616. The number of hydrogen-bond donors (Lipinski definition) is 0. The fraction of sp³-hybridized carbons (Fsp3) is 0.700. The lowest BCUT2D eigenvalue weighted by Gasteiger charge is -2.37. The maximum Gasteiger partial charge on any atom is 0.194 e. The number of fused-ring (bicyclic) bond motifs is 1. The zero-order valence-electron chi connectivity index (χ0n) is 14.0. The van der Waals surface area contributed by atoms with Crippen molar-refractivity contribution in [1.82, 2.24) is 0 Å². The molecule has 2 saturated carbocycles. The predicted octanol–water partition coefficient (Wildman–Crippen LogP) is 6.51. The number of halogens is 3. The standard InChI is InChI=1S/C20H25F3S/c21-16-11-18-15(19(22)20(16)23)10-17(24-18)14-8-6-13(7-9-14)12-4-2-1-3-5-12/h11-14,17H,1-10H2. The third kappa shape index (κ3) is 3.11. The van der Waals surface area contributed by atoms with Gasteiger partial charge in [0.2, 0.25) is 0 Å². The summed E-state index contributed by atoms with van der Waals surface area (Å²) in [7, 11) is 0. The second kappa shape index (κ2) is 6.93. The van der Waals surface area contributed by atoms with Gasteiger partial charge in [-0.25, -0.2) is 13.2 Å². The Balaban J connectivity index is 1.38. The van der Waals surface area contributed by atoms with E-state index in [9.17, 15) is 13.2 Å². The first-order chi connectivity index (χ1) is 11.6. The zero-order valence-corrected chi connectivity index (χ0v) is 14.8. The second-order valence-corrected chi connectivity index (χ2v) is 9.18. The maximum atomic E-state index is 14.0. The Morgan fingerprint density at radius 3 is 2.08 bits per heavy atom. The Morgan fingerprint density at radius 2 is 1.38 bits per heavy atom. The van der Waals surface area contributed by atoms with Crippen LogP contribution in [0.15, 0.2) is 11.0 Å². The van der Waals surface area contributed by atoms with Gasteiger partial charge in [0.1, 0.15) is 0 Å². The van der Waals surface area contributed by atoms with Crippen molar-refractivity contribution in [2.45, 2.75) is 74.4 Å². The Hall–Kier alpha value is -0.640. The fourth-order valence-corrected chi connectivity index (χ4v) is 6.70. The molecule has 3 aliphatic rings. The summed E-state index contributed by atoms with van der Waals surface area (Å²) in [6, 6.07) is 1.19. The average Bonchev–Trinajstić information content (AvgIpc) is 3.05. The lowest BCUT2D eigenvalue weighted by molar-refractivity contribution is 0.166. The molecule has 1 heterocycles. The molecular formula is C20H25F3S. The van der Waals surface area contributed by atoms with Crippen LogP contribution in [-0.4, -0.2) is 5.25 Å². The van der Waals surface area contributed by atoms with Crippen molar-refractivity contribution in [3.05, 3.63) is 29.1 Å². The summed E-state index contributed by atoms with van der Waals surface area (Å²) in [6.45, 7) is 0. The molecule has 24 heavy (non-hydrogen) atoms. The first-order valence-electron chi connectivity index (χ1n) is 9.46. The number of thioether (sulfide) groups is 1. The van der Waals surface area contributed by atoms with Crippen molar-refractivity contribution >= 4 is 11.8 Å². The largest absolute Gasteiger partial charge is 0.204 e. The van der Waals surface area contributed by atoms with Crippen molar-refractivity contribution in [1.29, 1.82) is 0 Å². The predicted molar refractivity (Wildman–Crippen MR) is 91.7 cm³/mol. The van der Waals surface area contributed by atoms with Crippen LogP contribution in [0.5, 0.6) is 0 Å². The van der Waals surface area contributed by atoms with Gasteiger partial charge in [-0.15, -0.1) is 11.8 Å². The summed E-state index contributed by atoms with van der Waals surface area (Å²) >= 11 is 1.57. The number of rotatable bonds is 2. The fourth-order valence-electron chi connectivity index (χ4n) is 5.17. The van der Waals surface area contributed by atoms with E-state index in [1.54, 1.807) is 11.8 Å². The van der Waals surface area contributed by atoms with Crippen molar-refractivity contribution in [3.8, 4) is 0 Å². The molecular weight excluding hydrogens is 329 g/mol. The molecule has 4 heteroatoms. The minimum absolute atomic E-state index is 0.294. The van der Waals surface area contributed by atoms with Gasteiger partial charge in [-0.2, -0.15) is 0 Å². The average molecular weight is 354 g/mol. The van der Waals surface area contributed by atoms with Crippen molar-refractivity contribution in [3.63, 3.8) is 0 Å². The van der Waals surface area contributed by atoms with Crippen LogP contribution in [0, 0.1) is 35.2 Å². The summed E-state index contributed by atoms with van der Waals surface area (Å²) in [5.41, 5.74) is 0.401. The Morgan fingerprint density at radius 1 is 0.750 bits per heavy atom. The van der Waals surface area contributed by atoms with Crippen molar-refractivity contribution < 1.29 is 13.2 Å². The minimum Gasteiger partial charge on any atom is -0.204 e. The van der Waals surface area contributed by atoms with Gasteiger partial charge >= 0.3 is 0 Å². The first-order valence-corrected chi connectivity index (χ1v) is 10.3. The molecule has 0 aromatic heterocycles. The molecule has 0 amide bonds. The molecule has 1 unspecified atom stereocenters. The van der Waals surface area contributed by atoms with Gasteiger partial charge in [0.05, 0.1) is 0 Å². The molecule has 0 bridgehead atoms. The molecule has 0 N–H and O–H groups in total. The first kappa shape index (κ1) is 16.8. The van der Waals surface area contributed by atoms with Crippen LogP contribution in [0.3, 0.4) is 0 Å². The highest BCUT2D eigenvalue weighted by Crippen LogP contribution is 2.48. The molecule has 2 aliphatic carbocycles. The molecule has 1 atom stereocenters. The van der Waals surface area contributed by atoms with E-state index < -0.39 is 17.5 Å². The van der Waals surface area contributed by atoms with Gasteiger partial charge < -0.3 is 0 Å². The van der Waals surface area contributed by atoms with Crippen molar-refractivity contribution in [2.75, 3.05) is 0 Å². The molecule has 0 spiro atoms. The zero-order chi connectivity index (χ0) is 16.7. The highest BCUT2D eigenvalue weighted by Gasteiger charge is 2.37. The Labute approximate surface area is 146 Å². The Bertz CT molecular complexity index is 601. The quantitative estimate of drug-likeness (QED) is 0.546. The van der Waals surface area contributed by atoms with Gasteiger partial charge in [-0.3, -0.25) is 0 Å². The minimum atomic E-state index is -1.31. The van der Waals surface area contributed by atoms with E-state index in [-0.39, 0.29) is 0 Å². The van der Waals surface area contributed by atoms with Gasteiger partial charge in [0.15, 0.2) is 17.5 Å². The smallest absolute Gasteiger partial charge is 0.194 e. The van der Waals surface area contributed by atoms with E-state index in [0.29, 0.717) is 28.0 Å². The summed E-state index contributed by atoms with van der Waals surface area (Å²) < 4.78 is 40.9. The molecule has 1 aromatic carbocycles. The van der Waals surface area contributed by atoms with E-state index >= 15 is 0 Å². The molecule has 0 nitrogen and oxygen atoms in total. The van der Waals surface area contributed by atoms with Gasteiger partial charge in [0.25, 0.3) is 0 Å². The maximum absolute atomic E-state index is 14.0. The molecule has 0 radical (unpaired) electrons. The lowest BCUT2D eigenvalue weighted by Crippen LogP contribution is -2.28. The number of benzene rings is 1. The highest BCUT2D eigenvalue weighted by atomic mass is 32.2. The van der Waals surface area contributed by atoms with Crippen LogP contribution in [0.2, 0.25) is 0 Å². The SMILES string of the molecule is Fc1cc2c(c(F)c1F)CC(C1CCC(C3CCCCC3)CC1)S2. The molecule has 132 valence electrons. The van der Waals surface area contributed by atoms with Gasteiger partial charge in [-0.05, 0) is 55.9 Å². The molecule has 1 aliphatic heterocycles. The number of hydrogen-bond acceptors (Lipinski definition) is 1. The monoisotopic (exact) mass is 354 g/mol. The topological polar surface area (TPSA) is 0 Å². The summed E-state index contributed by atoms with van der Waals surface area (Å²) in [5, 5.41) is 0.294. The van der Waals surface area contributed by atoms with Gasteiger partial charge in [0, 0.05) is 15.7 Å². The van der Waals surface area contributed by atoms with Crippen LogP contribution in [0.1, 0.15) is 63.4 Å². The molecule has 4 rings (SSSR count). The normalized spacial score (nSPS) is 31.2. The van der Waals surface area contributed by atoms with Gasteiger partial charge in [-0.1, -0.05) is 32.1 Å². The third-order valence-corrected chi connectivity index (χ3v) is 8.04. The van der Waals surface area contributed by atoms with Crippen LogP contribution in [0.4, 0.5) is 13.2 Å². The van der Waals surface area contributed by atoms with Crippen LogP contribution < -0.4 is 0 Å². The van der Waals surface area contributed by atoms with Crippen LogP contribution in [0.25, 0.3) is 0 Å². The lowest BCUT2D eigenvalue weighted by atomic mass is 9.70. The molecule has 2 fully saturated rings. The summed E-state index contributed by atoms with van der Waals surface area (Å²) in [6.07, 6.45) is 12.5. The van der Waals surface area contributed by atoms with E-state index in [1.165, 1.54) is 63.9 Å². The highest BCUT2D eigenvalue weighted by molar-refractivity contribution is 8.00. The van der Waals surface area contributed by atoms with Crippen LogP contribution in [-0.2, 0) is 6.42 Å². The third-order valence-electron chi connectivity index (χ3n) is 6.57. The van der Waals surface area contributed by atoms with E-state index in [1.807, 2.05) is 0 Å². The Kier molecular flexibility index (Phi) is 4.86. The molecule has 1 aromatic rings.